The van der Waals surface area contributed by atoms with Gasteiger partial charge in [0.2, 0.25) is 10.0 Å². The summed E-state index contributed by atoms with van der Waals surface area (Å²) in [7, 11) is -3.67. The molecule has 0 spiro atoms. The average molecular weight is 479 g/mol. The molecule has 1 saturated carbocycles. The Morgan fingerprint density at radius 2 is 1.93 bits per heavy atom. The van der Waals surface area contributed by atoms with Crippen molar-refractivity contribution in [3.05, 3.63) is 58.6 Å². The number of ether oxygens (including phenoxy) is 1. The van der Waals surface area contributed by atoms with Crippen molar-refractivity contribution in [1.82, 2.24) is 4.72 Å². The quantitative estimate of drug-likeness (QED) is 0.579. The molecule has 1 aliphatic heterocycles. The molecule has 1 heterocycles. The van der Waals surface area contributed by atoms with E-state index < -0.39 is 15.6 Å². The van der Waals surface area contributed by atoms with Crippen molar-refractivity contribution in [2.24, 2.45) is 5.92 Å². The Kier molecular flexibility index (Phi) is 6.02. The Morgan fingerprint density at radius 1 is 1.17 bits per heavy atom. The van der Waals surface area contributed by atoms with Crippen molar-refractivity contribution in [3.63, 3.8) is 0 Å². The SMILES string of the molecule is CC1OCCC1CCNc1cc(Br)ccc1S(=O)(=O)NC1(c2ccccc2)CC1. The lowest BCUT2D eigenvalue weighted by Crippen LogP contribution is -2.35. The largest absolute Gasteiger partial charge is 0.384 e. The van der Waals surface area contributed by atoms with E-state index in [0.29, 0.717) is 23.0 Å². The van der Waals surface area contributed by atoms with E-state index in [2.05, 4.69) is 32.9 Å². The fourth-order valence-corrected chi connectivity index (χ4v) is 6.04. The second-order valence-corrected chi connectivity index (χ2v) is 10.6. The van der Waals surface area contributed by atoms with Crippen LogP contribution in [0.2, 0.25) is 0 Å². The molecule has 0 radical (unpaired) electrons. The Hall–Kier alpha value is -1.41. The first-order valence-electron chi connectivity index (χ1n) is 10.1. The molecule has 2 fully saturated rings. The van der Waals surface area contributed by atoms with E-state index in [0.717, 1.165) is 42.3 Å². The monoisotopic (exact) mass is 478 g/mol. The summed E-state index contributed by atoms with van der Waals surface area (Å²) in [6, 6.07) is 15.1. The molecule has 7 heteroatoms. The first-order valence-corrected chi connectivity index (χ1v) is 12.4. The lowest BCUT2D eigenvalue weighted by molar-refractivity contribution is 0.104. The van der Waals surface area contributed by atoms with Gasteiger partial charge >= 0.3 is 0 Å². The van der Waals surface area contributed by atoms with Gasteiger partial charge in [0.05, 0.1) is 17.3 Å². The minimum absolute atomic E-state index is 0.268. The average Bonchev–Trinajstić information content (AvgIpc) is 3.36. The highest BCUT2D eigenvalue weighted by Crippen LogP contribution is 2.46. The van der Waals surface area contributed by atoms with E-state index in [4.69, 9.17) is 4.74 Å². The minimum Gasteiger partial charge on any atom is -0.384 e. The smallest absolute Gasteiger partial charge is 0.243 e. The summed E-state index contributed by atoms with van der Waals surface area (Å²) in [5, 5.41) is 3.35. The van der Waals surface area contributed by atoms with Crippen molar-refractivity contribution in [1.29, 1.82) is 0 Å². The molecule has 2 aromatic rings. The highest BCUT2D eigenvalue weighted by Gasteiger charge is 2.47. The Morgan fingerprint density at radius 3 is 2.59 bits per heavy atom. The summed E-state index contributed by atoms with van der Waals surface area (Å²) in [4.78, 5) is 0.290. The van der Waals surface area contributed by atoms with E-state index in [9.17, 15) is 8.42 Å². The van der Waals surface area contributed by atoms with Crippen LogP contribution in [0.25, 0.3) is 0 Å². The van der Waals surface area contributed by atoms with Crippen LogP contribution < -0.4 is 10.0 Å². The second-order valence-electron chi connectivity index (χ2n) is 8.03. The number of benzene rings is 2. The maximum absolute atomic E-state index is 13.3. The third-order valence-corrected chi connectivity index (χ3v) is 8.09. The number of hydrogen-bond acceptors (Lipinski definition) is 4. The third kappa shape index (κ3) is 4.68. The molecule has 1 aliphatic carbocycles. The van der Waals surface area contributed by atoms with Crippen molar-refractivity contribution in [2.75, 3.05) is 18.5 Å². The predicted molar refractivity (Wildman–Crippen MR) is 118 cm³/mol. The summed E-state index contributed by atoms with van der Waals surface area (Å²) in [5.74, 6) is 0.514. The normalized spacial score (nSPS) is 23.1. The molecule has 4 rings (SSSR count). The van der Waals surface area contributed by atoms with Gasteiger partial charge in [-0.15, -0.1) is 0 Å². The van der Waals surface area contributed by atoms with Gasteiger partial charge in [-0.2, -0.15) is 0 Å². The van der Waals surface area contributed by atoms with E-state index >= 15 is 0 Å². The molecule has 5 nitrogen and oxygen atoms in total. The summed E-state index contributed by atoms with van der Waals surface area (Å²) in [6.45, 7) is 3.63. The highest BCUT2D eigenvalue weighted by molar-refractivity contribution is 9.10. The summed E-state index contributed by atoms with van der Waals surface area (Å²) < 4.78 is 36.0. The van der Waals surface area contributed by atoms with Gasteiger partial charge in [-0.05, 0) is 62.3 Å². The zero-order chi connectivity index (χ0) is 20.5. The van der Waals surface area contributed by atoms with Crippen molar-refractivity contribution in [2.45, 2.75) is 49.1 Å². The standard InChI is InChI=1S/C22H27BrN2O3S/c1-16-17(10-14-28-16)9-13-24-20-15-19(23)7-8-21(20)29(26,27)25-22(11-12-22)18-5-3-2-4-6-18/h2-8,15-17,24-25H,9-14H2,1H3. The molecule has 2 atom stereocenters. The van der Waals surface area contributed by atoms with Gasteiger partial charge in [-0.3, -0.25) is 0 Å². The highest BCUT2D eigenvalue weighted by atomic mass is 79.9. The Bertz CT molecular complexity index is 961. The molecule has 29 heavy (non-hydrogen) atoms. The Labute approximate surface area is 181 Å². The zero-order valence-electron chi connectivity index (χ0n) is 16.5. The first kappa shape index (κ1) is 20.8. The number of nitrogens with one attached hydrogen (secondary N) is 2. The van der Waals surface area contributed by atoms with Crippen molar-refractivity contribution < 1.29 is 13.2 Å². The van der Waals surface area contributed by atoms with Crippen LogP contribution in [0.3, 0.4) is 0 Å². The van der Waals surface area contributed by atoms with Gasteiger partial charge in [-0.1, -0.05) is 46.3 Å². The van der Waals surface area contributed by atoms with E-state index in [1.807, 2.05) is 36.4 Å². The van der Waals surface area contributed by atoms with Gasteiger partial charge in [0.25, 0.3) is 0 Å². The van der Waals surface area contributed by atoms with Gasteiger partial charge in [0.15, 0.2) is 0 Å². The van der Waals surface area contributed by atoms with Crippen LogP contribution in [-0.2, 0) is 20.3 Å². The molecule has 2 aliphatic rings. The van der Waals surface area contributed by atoms with Gasteiger partial charge < -0.3 is 10.1 Å². The van der Waals surface area contributed by atoms with Crippen LogP contribution in [0.4, 0.5) is 5.69 Å². The lowest BCUT2D eigenvalue weighted by atomic mass is 9.99. The van der Waals surface area contributed by atoms with Crippen LogP contribution in [0.1, 0.15) is 38.2 Å². The fourth-order valence-electron chi connectivity index (χ4n) is 4.07. The van der Waals surface area contributed by atoms with Crippen LogP contribution >= 0.6 is 15.9 Å². The maximum atomic E-state index is 13.3. The molecule has 156 valence electrons. The number of anilines is 1. The molecular weight excluding hydrogens is 452 g/mol. The maximum Gasteiger partial charge on any atom is 0.243 e. The lowest BCUT2D eigenvalue weighted by Gasteiger charge is -2.21. The van der Waals surface area contributed by atoms with Gasteiger partial charge in [0.1, 0.15) is 4.90 Å². The molecule has 0 amide bonds. The predicted octanol–water partition coefficient (Wildman–Crippen LogP) is 4.64. The first-order chi connectivity index (χ1) is 13.9. The van der Waals surface area contributed by atoms with Gasteiger partial charge in [-0.25, -0.2) is 13.1 Å². The van der Waals surface area contributed by atoms with Gasteiger partial charge in [0, 0.05) is 17.6 Å². The number of hydrogen-bond donors (Lipinski definition) is 2. The van der Waals surface area contributed by atoms with Crippen LogP contribution in [0.5, 0.6) is 0 Å². The van der Waals surface area contributed by atoms with E-state index in [1.54, 1.807) is 12.1 Å². The molecule has 2 N–H and O–H groups in total. The topological polar surface area (TPSA) is 67.4 Å². The summed E-state index contributed by atoms with van der Waals surface area (Å²) in [5.41, 5.74) is 1.16. The number of sulfonamides is 1. The van der Waals surface area contributed by atoms with E-state index in [1.165, 1.54) is 0 Å². The summed E-state index contributed by atoms with van der Waals surface area (Å²) in [6.07, 6.45) is 3.91. The summed E-state index contributed by atoms with van der Waals surface area (Å²) >= 11 is 3.47. The van der Waals surface area contributed by atoms with Crippen LogP contribution in [0, 0.1) is 5.92 Å². The van der Waals surface area contributed by atoms with Crippen molar-refractivity contribution in [3.8, 4) is 0 Å². The Balaban J connectivity index is 1.51. The molecular formula is C22H27BrN2O3S. The van der Waals surface area contributed by atoms with Crippen LogP contribution in [-0.4, -0.2) is 27.7 Å². The zero-order valence-corrected chi connectivity index (χ0v) is 18.9. The molecule has 1 saturated heterocycles. The van der Waals surface area contributed by atoms with Crippen molar-refractivity contribution >= 4 is 31.6 Å². The number of rotatable bonds is 8. The van der Waals surface area contributed by atoms with Crippen LogP contribution in [0.15, 0.2) is 57.9 Å². The molecule has 2 aromatic carbocycles. The molecule has 0 bridgehead atoms. The molecule has 0 aromatic heterocycles. The van der Waals surface area contributed by atoms with E-state index in [-0.39, 0.29) is 6.10 Å². The molecule has 2 unspecified atom stereocenters. The minimum atomic E-state index is -3.67. The second kappa shape index (κ2) is 8.38. The fraction of sp³-hybridized carbons (Fsp3) is 0.455. The third-order valence-electron chi connectivity index (χ3n) is 6.00. The number of halogens is 1.